The second-order valence-corrected chi connectivity index (χ2v) is 7.38. The lowest BCUT2D eigenvalue weighted by Crippen LogP contribution is -2.50. The van der Waals surface area contributed by atoms with E-state index >= 15 is 0 Å². The maximum absolute atomic E-state index is 13.6. The molecule has 2 aliphatic rings. The van der Waals surface area contributed by atoms with Gasteiger partial charge >= 0.3 is 0 Å². The molecule has 1 aliphatic heterocycles. The molecule has 2 atom stereocenters. The first kappa shape index (κ1) is 17.9. The number of aliphatic hydroxyl groups excluding tert-OH is 1. The van der Waals surface area contributed by atoms with Gasteiger partial charge in [-0.15, -0.1) is 0 Å². The first-order valence-electron chi connectivity index (χ1n) is 8.85. The number of nitrogens with zero attached hydrogens (tertiary/aromatic N) is 1. The first-order chi connectivity index (χ1) is 12.0. The molecule has 1 aromatic rings. The quantitative estimate of drug-likeness (QED) is 0.855. The number of hydrogen-bond donors (Lipinski definition) is 2. The van der Waals surface area contributed by atoms with E-state index in [-0.39, 0.29) is 29.7 Å². The molecule has 6 heteroatoms. The van der Waals surface area contributed by atoms with Gasteiger partial charge in [0.25, 0.3) is 0 Å². The van der Waals surface area contributed by atoms with Gasteiger partial charge in [-0.3, -0.25) is 9.59 Å². The molecule has 2 fully saturated rings. The number of likely N-dealkylation sites (tertiary alicyclic amines) is 1. The minimum absolute atomic E-state index is 0.0378. The number of halogens is 1. The summed E-state index contributed by atoms with van der Waals surface area (Å²) in [5, 5.41) is 12.5. The van der Waals surface area contributed by atoms with Gasteiger partial charge in [-0.05, 0) is 37.0 Å². The highest BCUT2D eigenvalue weighted by atomic mass is 19.1. The van der Waals surface area contributed by atoms with Gasteiger partial charge in [0, 0.05) is 25.4 Å². The topological polar surface area (TPSA) is 69.6 Å². The van der Waals surface area contributed by atoms with Crippen LogP contribution in [-0.4, -0.2) is 42.0 Å². The molecular weight excluding hydrogens is 323 g/mol. The summed E-state index contributed by atoms with van der Waals surface area (Å²) in [6, 6.07) is 5.63. The molecule has 2 N–H and O–H groups in total. The number of amides is 2. The summed E-state index contributed by atoms with van der Waals surface area (Å²) in [4.78, 5) is 26.5. The fourth-order valence-electron chi connectivity index (χ4n) is 3.93. The first-order valence-corrected chi connectivity index (χ1v) is 8.85. The maximum Gasteiger partial charge on any atom is 0.225 e. The lowest BCUT2D eigenvalue weighted by atomic mass is 9.69. The van der Waals surface area contributed by atoms with E-state index in [9.17, 15) is 19.1 Å². The van der Waals surface area contributed by atoms with Crippen LogP contribution in [-0.2, 0) is 9.59 Å². The van der Waals surface area contributed by atoms with E-state index in [1.165, 1.54) is 12.1 Å². The van der Waals surface area contributed by atoms with Crippen LogP contribution in [0.3, 0.4) is 0 Å². The number of rotatable bonds is 5. The number of hydrogen-bond acceptors (Lipinski definition) is 3. The summed E-state index contributed by atoms with van der Waals surface area (Å²) in [6.45, 7) is 0.524. The molecule has 1 saturated heterocycles. The van der Waals surface area contributed by atoms with Crippen molar-refractivity contribution >= 4 is 11.8 Å². The molecule has 5 nitrogen and oxygen atoms in total. The molecule has 136 valence electrons. The Kier molecular flexibility index (Phi) is 5.08. The molecular formula is C19H25FN2O3. The lowest BCUT2D eigenvalue weighted by Gasteiger charge is -2.42. The molecule has 1 aromatic carbocycles. The van der Waals surface area contributed by atoms with E-state index in [1.54, 1.807) is 24.1 Å². The van der Waals surface area contributed by atoms with Crippen LogP contribution >= 0.6 is 0 Å². The number of carbonyl (C=O) groups is 2. The Morgan fingerprint density at radius 1 is 1.44 bits per heavy atom. The van der Waals surface area contributed by atoms with Crippen molar-refractivity contribution in [2.45, 2.75) is 38.1 Å². The Bertz CT molecular complexity index is 654. The van der Waals surface area contributed by atoms with Crippen molar-refractivity contribution in [2.75, 3.05) is 20.2 Å². The van der Waals surface area contributed by atoms with Crippen molar-refractivity contribution in [3.63, 3.8) is 0 Å². The Hall–Kier alpha value is -1.95. The zero-order valence-electron chi connectivity index (χ0n) is 14.5. The lowest BCUT2D eigenvalue weighted by molar-refractivity contribution is -0.142. The normalized spacial score (nSPS) is 25.4. The SMILES string of the molecule is CN1C(=O)CCC(C(=O)NCC2(CO)CCC2)C1c1cccc(F)c1. The van der Waals surface area contributed by atoms with Crippen LogP contribution in [0.5, 0.6) is 0 Å². The molecule has 25 heavy (non-hydrogen) atoms. The van der Waals surface area contributed by atoms with E-state index in [1.807, 2.05) is 0 Å². The summed E-state index contributed by atoms with van der Waals surface area (Å²) >= 11 is 0. The highest BCUT2D eigenvalue weighted by Crippen LogP contribution is 2.40. The Morgan fingerprint density at radius 2 is 2.20 bits per heavy atom. The van der Waals surface area contributed by atoms with Crippen LogP contribution in [0, 0.1) is 17.2 Å². The molecule has 3 rings (SSSR count). The number of piperidine rings is 1. The smallest absolute Gasteiger partial charge is 0.225 e. The van der Waals surface area contributed by atoms with E-state index in [0.717, 1.165) is 19.3 Å². The number of nitrogens with one attached hydrogen (secondary N) is 1. The third kappa shape index (κ3) is 3.54. The largest absolute Gasteiger partial charge is 0.396 e. The Morgan fingerprint density at radius 3 is 2.80 bits per heavy atom. The van der Waals surface area contributed by atoms with Gasteiger partial charge in [0.15, 0.2) is 0 Å². The highest BCUT2D eigenvalue weighted by Gasteiger charge is 2.41. The van der Waals surface area contributed by atoms with Gasteiger partial charge in [0.05, 0.1) is 18.6 Å². The van der Waals surface area contributed by atoms with Crippen molar-refractivity contribution in [1.29, 1.82) is 0 Å². The van der Waals surface area contributed by atoms with Crippen molar-refractivity contribution in [3.8, 4) is 0 Å². The summed E-state index contributed by atoms with van der Waals surface area (Å²) in [5.74, 6) is -0.963. The zero-order valence-corrected chi connectivity index (χ0v) is 14.5. The number of aliphatic hydroxyl groups is 1. The fraction of sp³-hybridized carbons (Fsp3) is 0.579. The van der Waals surface area contributed by atoms with Crippen molar-refractivity contribution in [2.24, 2.45) is 11.3 Å². The molecule has 0 bridgehead atoms. The number of carbonyl (C=O) groups excluding carboxylic acids is 2. The van der Waals surface area contributed by atoms with Crippen LogP contribution in [0.15, 0.2) is 24.3 Å². The zero-order chi connectivity index (χ0) is 18.0. The monoisotopic (exact) mass is 348 g/mol. The minimum Gasteiger partial charge on any atom is -0.396 e. The van der Waals surface area contributed by atoms with E-state index < -0.39 is 12.0 Å². The summed E-state index contributed by atoms with van der Waals surface area (Å²) in [6.07, 6.45) is 3.66. The van der Waals surface area contributed by atoms with Crippen molar-refractivity contribution in [3.05, 3.63) is 35.6 Å². The summed E-state index contributed by atoms with van der Waals surface area (Å²) < 4.78 is 13.6. The van der Waals surface area contributed by atoms with Gasteiger partial charge in [0.1, 0.15) is 5.82 Å². The Balaban J connectivity index is 1.77. The average Bonchev–Trinajstić information content (AvgIpc) is 2.56. The van der Waals surface area contributed by atoms with Gasteiger partial charge in [-0.25, -0.2) is 4.39 Å². The van der Waals surface area contributed by atoms with Gasteiger partial charge < -0.3 is 15.3 Å². The van der Waals surface area contributed by atoms with E-state index in [2.05, 4.69) is 5.32 Å². The molecule has 1 aliphatic carbocycles. The molecule has 0 radical (unpaired) electrons. The van der Waals surface area contributed by atoms with Crippen LogP contribution in [0.1, 0.15) is 43.7 Å². The maximum atomic E-state index is 13.6. The van der Waals surface area contributed by atoms with Crippen molar-refractivity contribution in [1.82, 2.24) is 10.2 Å². The molecule has 0 aromatic heterocycles. The average molecular weight is 348 g/mol. The molecule has 2 unspecified atom stereocenters. The third-order valence-corrected chi connectivity index (χ3v) is 5.78. The molecule has 1 heterocycles. The van der Waals surface area contributed by atoms with Gasteiger partial charge in [-0.2, -0.15) is 0 Å². The van der Waals surface area contributed by atoms with Gasteiger partial charge in [0.2, 0.25) is 11.8 Å². The van der Waals surface area contributed by atoms with E-state index in [0.29, 0.717) is 24.9 Å². The predicted octanol–water partition coefficient (Wildman–Crippen LogP) is 2.01. The van der Waals surface area contributed by atoms with Gasteiger partial charge in [-0.1, -0.05) is 18.6 Å². The fourth-order valence-corrected chi connectivity index (χ4v) is 3.93. The highest BCUT2D eigenvalue weighted by molar-refractivity contribution is 5.84. The second-order valence-electron chi connectivity index (χ2n) is 7.38. The number of benzene rings is 1. The Labute approximate surface area is 147 Å². The predicted molar refractivity (Wildman–Crippen MR) is 91.0 cm³/mol. The van der Waals surface area contributed by atoms with Crippen molar-refractivity contribution < 1.29 is 19.1 Å². The molecule has 2 amide bonds. The molecule has 1 saturated carbocycles. The van der Waals surface area contributed by atoms with Crippen LogP contribution < -0.4 is 5.32 Å². The third-order valence-electron chi connectivity index (χ3n) is 5.78. The van der Waals surface area contributed by atoms with Crippen LogP contribution in [0.25, 0.3) is 0 Å². The standard InChI is InChI=1S/C19H25FN2O3/c1-22-16(24)7-6-15(17(22)13-4-2-5-14(20)10-13)18(25)21-11-19(12-23)8-3-9-19/h2,4-5,10,15,17,23H,3,6-9,11-12H2,1H3,(H,21,25). The van der Waals surface area contributed by atoms with Crippen LogP contribution in [0.4, 0.5) is 4.39 Å². The summed E-state index contributed by atoms with van der Waals surface area (Å²) in [5.41, 5.74) is 0.441. The second kappa shape index (κ2) is 7.12. The summed E-state index contributed by atoms with van der Waals surface area (Å²) in [7, 11) is 1.67. The molecule has 0 spiro atoms. The minimum atomic E-state index is -0.469. The van der Waals surface area contributed by atoms with Crippen LogP contribution in [0.2, 0.25) is 0 Å². The van der Waals surface area contributed by atoms with E-state index in [4.69, 9.17) is 0 Å².